The molecule has 1 aliphatic heterocycles. The summed E-state index contributed by atoms with van der Waals surface area (Å²) in [4.78, 5) is 0. The number of rotatable bonds is 2. The van der Waals surface area contributed by atoms with Crippen molar-refractivity contribution in [2.24, 2.45) is 0 Å². The molecule has 0 radical (unpaired) electrons. The summed E-state index contributed by atoms with van der Waals surface area (Å²) in [6.45, 7) is 0. The maximum atomic E-state index is 13.2. The standard InChI is InChI=1S/C16H14ClFO3/c1-20-10-3-5-15-11(7-10)14(19)8-16(21-15)9-2-4-13(18)12(17)6-9/h2-7,14,16,19H,8H2,1H3/t14-,16?/m1/s1. The van der Waals surface area contributed by atoms with Gasteiger partial charge in [0.25, 0.3) is 0 Å². The predicted octanol–water partition coefficient (Wildman–Crippen LogP) is 4.04. The summed E-state index contributed by atoms with van der Waals surface area (Å²) in [5.74, 6) is 0.793. The molecule has 0 spiro atoms. The molecule has 0 saturated carbocycles. The molecular weight excluding hydrogens is 295 g/mol. The largest absolute Gasteiger partial charge is 0.497 e. The Balaban J connectivity index is 1.92. The topological polar surface area (TPSA) is 38.7 Å². The average Bonchev–Trinajstić information content (AvgIpc) is 2.49. The first kappa shape index (κ1) is 14.2. The summed E-state index contributed by atoms with van der Waals surface area (Å²) in [5, 5.41) is 10.3. The molecule has 110 valence electrons. The number of ether oxygens (including phenoxy) is 2. The van der Waals surface area contributed by atoms with Crippen LogP contribution in [0.15, 0.2) is 36.4 Å². The maximum Gasteiger partial charge on any atom is 0.141 e. The lowest BCUT2D eigenvalue weighted by molar-refractivity contribution is 0.0654. The van der Waals surface area contributed by atoms with Gasteiger partial charge in [0.1, 0.15) is 23.4 Å². The van der Waals surface area contributed by atoms with Crippen LogP contribution in [0.25, 0.3) is 0 Å². The zero-order valence-corrected chi connectivity index (χ0v) is 12.1. The van der Waals surface area contributed by atoms with Crippen molar-refractivity contribution in [2.75, 3.05) is 7.11 Å². The van der Waals surface area contributed by atoms with Crippen LogP contribution in [0.4, 0.5) is 4.39 Å². The Morgan fingerprint density at radius 2 is 2.10 bits per heavy atom. The molecule has 21 heavy (non-hydrogen) atoms. The van der Waals surface area contributed by atoms with Crippen LogP contribution in [0, 0.1) is 5.82 Å². The van der Waals surface area contributed by atoms with Crippen molar-refractivity contribution in [3.63, 3.8) is 0 Å². The molecule has 1 heterocycles. The third-order valence-electron chi connectivity index (χ3n) is 3.60. The molecule has 2 atom stereocenters. The molecule has 0 fully saturated rings. The van der Waals surface area contributed by atoms with E-state index in [1.54, 1.807) is 31.4 Å². The number of halogens is 2. The van der Waals surface area contributed by atoms with Crippen LogP contribution in [-0.2, 0) is 0 Å². The van der Waals surface area contributed by atoms with E-state index >= 15 is 0 Å². The summed E-state index contributed by atoms with van der Waals surface area (Å²) >= 11 is 5.80. The van der Waals surface area contributed by atoms with E-state index in [2.05, 4.69) is 0 Å². The number of methoxy groups -OCH3 is 1. The summed E-state index contributed by atoms with van der Waals surface area (Å²) in [6.07, 6.45) is -0.654. The number of benzene rings is 2. The average molecular weight is 309 g/mol. The van der Waals surface area contributed by atoms with Crippen molar-refractivity contribution >= 4 is 11.6 Å². The van der Waals surface area contributed by atoms with Gasteiger partial charge in [0, 0.05) is 12.0 Å². The fourth-order valence-electron chi connectivity index (χ4n) is 2.47. The van der Waals surface area contributed by atoms with Gasteiger partial charge in [-0.05, 0) is 35.9 Å². The highest BCUT2D eigenvalue weighted by Crippen LogP contribution is 2.42. The minimum atomic E-state index is -0.669. The fourth-order valence-corrected chi connectivity index (χ4v) is 2.66. The molecule has 1 N–H and O–H groups in total. The van der Waals surface area contributed by atoms with Gasteiger partial charge in [-0.3, -0.25) is 0 Å². The third-order valence-corrected chi connectivity index (χ3v) is 3.89. The quantitative estimate of drug-likeness (QED) is 0.910. The Morgan fingerprint density at radius 1 is 1.29 bits per heavy atom. The Labute approximate surface area is 126 Å². The zero-order valence-electron chi connectivity index (χ0n) is 11.3. The molecule has 2 aromatic rings. The number of aliphatic hydroxyl groups is 1. The highest BCUT2D eigenvalue weighted by Gasteiger charge is 2.28. The van der Waals surface area contributed by atoms with Gasteiger partial charge in [-0.25, -0.2) is 4.39 Å². The summed E-state index contributed by atoms with van der Waals surface area (Å²) in [7, 11) is 1.57. The summed E-state index contributed by atoms with van der Waals surface area (Å²) in [5.41, 5.74) is 1.43. The van der Waals surface area contributed by atoms with Crippen molar-refractivity contribution in [3.05, 3.63) is 58.4 Å². The smallest absolute Gasteiger partial charge is 0.141 e. The lowest BCUT2D eigenvalue weighted by Gasteiger charge is -2.30. The highest BCUT2D eigenvalue weighted by atomic mass is 35.5. The van der Waals surface area contributed by atoms with Crippen molar-refractivity contribution in [3.8, 4) is 11.5 Å². The monoisotopic (exact) mass is 308 g/mol. The van der Waals surface area contributed by atoms with Crippen LogP contribution in [0.2, 0.25) is 5.02 Å². The van der Waals surface area contributed by atoms with Gasteiger partial charge in [0.05, 0.1) is 18.2 Å². The number of hydrogen-bond acceptors (Lipinski definition) is 3. The first-order valence-corrected chi connectivity index (χ1v) is 6.94. The SMILES string of the molecule is COc1ccc2c(c1)[C@H](O)CC(c1ccc(F)c(Cl)c1)O2. The van der Waals surface area contributed by atoms with Gasteiger partial charge in [0.2, 0.25) is 0 Å². The minimum absolute atomic E-state index is 0.0473. The van der Waals surface area contributed by atoms with Crippen molar-refractivity contribution in [1.82, 2.24) is 0 Å². The van der Waals surface area contributed by atoms with Crippen LogP contribution in [-0.4, -0.2) is 12.2 Å². The van der Waals surface area contributed by atoms with Crippen LogP contribution in [0.3, 0.4) is 0 Å². The van der Waals surface area contributed by atoms with Crippen molar-refractivity contribution in [2.45, 2.75) is 18.6 Å². The summed E-state index contributed by atoms with van der Waals surface area (Å²) in [6, 6.07) is 9.74. The molecule has 1 unspecified atom stereocenters. The Bertz CT molecular complexity index is 675. The summed E-state index contributed by atoms with van der Waals surface area (Å²) < 4.78 is 24.3. The van der Waals surface area contributed by atoms with E-state index in [9.17, 15) is 9.50 Å². The number of hydrogen-bond donors (Lipinski definition) is 1. The molecule has 3 nitrogen and oxygen atoms in total. The second-order valence-electron chi connectivity index (χ2n) is 4.94. The lowest BCUT2D eigenvalue weighted by Crippen LogP contribution is -2.19. The number of aliphatic hydroxyl groups excluding tert-OH is 1. The van der Waals surface area contributed by atoms with Gasteiger partial charge < -0.3 is 14.6 Å². The van der Waals surface area contributed by atoms with Crippen LogP contribution in [0.5, 0.6) is 11.5 Å². The normalized spacial score (nSPS) is 20.6. The van der Waals surface area contributed by atoms with E-state index in [4.69, 9.17) is 21.1 Å². The van der Waals surface area contributed by atoms with Gasteiger partial charge in [-0.1, -0.05) is 17.7 Å². The van der Waals surface area contributed by atoms with Crippen molar-refractivity contribution < 1.29 is 19.0 Å². The maximum absolute atomic E-state index is 13.2. The fraction of sp³-hybridized carbons (Fsp3) is 0.250. The highest BCUT2D eigenvalue weighted by molar-refractivity contribution is 6.30. The molecule has 0 aromatic heterocycles. The Kier molecular flexibility index (Phi) is 3.74. The van der Waals surface area contributed by atoms with E-state index in [1.165, 1.54) is 12.1 Å². The Morgan fingerprint density at radius 3 is 2.81 bits per heavy atom. The van der Waals surface area contributed by atoms with E-state index in [1.807, 2.05) is 0 Å². The van der Waals surface area contributed by atoms with Crippen molar-refractivity contribution in [1.29, 1.82) is 0 Å². The molecule has 0 saturated heterocycles. The van der Waals surface area contributed by atoms with E-state index < -0.39 is 11.9 Å². The molecule has 3 rings (SSSR count). The van der Waals surface area contributed by atoms with Gasteiger partial charge >= 0.3 is 0 Å². The molecule has 0 aliphatic carbocycles. The molecule has 0 bridgehead atoms. The Hall–Kier alpha value is -1.78. The minimum Gasteiger partial charge on any atom is -0.497 e. The molecule has 0 amide bonds. The lowest BCUT2D eigenvalue weighted by atomic mass is 9.95. The second-order valence-corrected chi connectivity index (χ2v) is 5.34. The van der Waals surface area contributed by atoms with E-state index in [-0.39, 0.29) is 11.1 Å². The van der Waals surface area contributed by atoms with E-state index in [0.717, 1.165) is 5.56 Å². The third kappa shape index (κ3) is 2.69. The molecule has 2 aromatic carbocycles. The number of fused-ring (bicyclic) bond motifs is 1. The van der Waals surface area contributed by atoms with Gasteiger partial charge in [-0.15, -0.1) is 0 Å². The first-order valence-electron chi connectivity index (χ1n) is 6.56. The van der Waals surface area contributed by atoms with Gasteiger partial charge in [0.15, 0.2) is 0 Å². The van der Waals surface area contributed by atoms with Crippen LogP contribution in [0.1, 0.15) is 29.8 Å². The van der Waals surface area contributed by atoms with Crippen LogP contribution < -0.4 is 9.47 Å². The molecule has 1 aliphatic rings. The molecule has 5 heteroatoms. The van der Waals surface area contributed by atoms with E-state index in [0.29, 0.717) is 23.5 Å². The predicted molar refractivity (Wildman–Crippen MR) is 77.3 cm³/mol. The first-order chi connectivity index (χ1) is 10.1. The van der Waals surface area contributed by atoms with Gasteiger partial charge in [-0.2, -0.15) is 0 Å². The molecular formula is C16H14ClFO3. The van der Waals surface area contributed by atoms with Crippen LogP contribution >= 0.6 is 11.6 Å². The second kappa shape index (κ2) is 5.54. The zero-order chi connectivity index (χ0) is 15.0.